The summed E-state index contributed by atoms with van der Waals surface area (Å²) in [6, 6.07) is 18.2. The van der Waals surface area contributed by atoms with E-state index in [1.54, 1.807) is 18.2 Å². The normalized spacial score (nSPS) is 20.7. The van der Waals surface area contributed by atoms with E-state index in [1.807, 2.05) is 24.3 Å². The van der Waals surface area contributed by atoms with E-state index in [4.69, 9.17) is 4.74 Å². The average Bonchev–Trinajstić information content (AvgIpc) is 3.17. The standard InChI is InChI=1S/C24H20N2O5/c1-31-20-10-9-14(12-19(20)26(29)30)22-18-11-13-5-2-3-6-15(13)21(18)16-7-4-8-17(24(27)28)23(16)25-22/h2-10,12,18,21-22,25H,11H2,1H3,(H,27,28)/t18-,21-,22-/m0/s1. The molecule has 3 atom stereocenters. The van der Waals surface area contributed by atoms with Crippen LogP contribution in [0.3, 0.4) is 0 Å². The van der Waals surface area contributed by atoms with Crippen LogP contribution in [0.15, 0.2) is 60.7 Å². The smallest absolute Gasteiger partial charge is 0.337 e. The molecule has 0 spiro atoms. The summed E-state index contributed by atoms with van der Waals surface area (Å²) in [5.74, 6) is -0.698. The molecular weight excluding hydrogens is 396 g/mol. The minimum absolute atomic E-state index is 0.0120. The number of benzene rings is 3. The molecule has 0 saturated carbocycles. The maximum Gasteiger partial charge on any atom is 0.337 e. The third-order valence-corrected chi connectivity index (χ3v) is 6.42. The predicted octanol–water partition coefficient (Wildman–Crippen LogP) is 4.77. The van der Waals surface area contributed by atoms with Gasteiger partial charge in [0.2, 0.25) is 0 Å². The Morgan fingerprint density at radius 3 is 2.65 bits per heavy atom. The van der Waals surface area contributed by atoms with Crippen LogP contribution >= 0.6 is 0 Å². The van der Waals surface area contributed by atoms with Gasteiger partial charge in [-0.3, -0.25) is 10.1 Å². The first kappa shape index (κ1) is 19.1. The predicted molar refractivity (Wildman–Crippen MR) is 115 cm³/mol. The lowest BCUT2D eigenvalue weighted by Gasteiger charge is -2.38. The number of carbonyl (C=O) groups is 1. The van der Waals surface area contributed by atoms with Gasteiger partial charge >= 0.3 is 11.7 Å². The number of ether oxygens (including phenoxy) is 1. The Labute approximate surface area is 178 Å². The number of carboxylic acid groups (broad SMARTS) is 1. The van der Waals surface area contributed by atoms with Gasteiger partial charge in [-0.1, -0.05) is 42.5 Å². The third-order valence-electron chi connectivity index (χ3n) is 6.42. The molecule has 0 unspecified atom stereocenters. The Hall–Kier alpha value is -3.87. The number of para-hydroxylation sites is 1. The molecule has 7 heteroatoms. The zero-order valence-electron chi connectivity index (χ0n) is 16.7. The fraction of sp³-hybridized carbons (Fsp3) is 0.208. The van der Waals surface area contributed by atoms with Gasteiger partial charge < -0.3 is 15.2 Å². The molecule has 0 saturated heterocycles. The van der Waals surface area contributed by atoms with Gasteiger partial charge in [0.25, 0.3) is 0 Å². The molecule has 0 aromatic heterocycles. The molecule has 156 valence electrons. The van der Waals surface area contributed by atoms with Crippen LogP contribution in [0.5, 0.6) is 5.75 Å². The number of anilines is 1. The lowest BCUT2D eigenvalue weighted by atomic mass is 9.75. The molecule has 3 aromatic rings. The second-order valence-corrected chi connectivity index (χ2v) is 7.93. The maximum atomic E-state index is 11.9. The van der Waals surface area contributed by atoms with Crippen LogP contribution < -0.4 is 10.1 Å². The van der Waals surface area contributed by atoms with Crippen LogP contribution in [-0.2, 0) is 6.42 Å². The summed E-state index contributed by atoms with van der Waals surface area (Å²) in [4.78, 5) is 23.1. The van der Waals surface area contributed by atoms with Crippen LogP contribution in [0.25, 0.3) is 0 Å². The molecule has 31 heavy (non-hydrogen) atoms. The Balaban J connectivity index is 1.70. The second-order valence-electron chi connectivity index (χ2n) is 7.93. The molecule has 1 heterocycles. The Bertz CT molecular complexity index is 1220. The van der Waals surface area contributed by atoms with Crippen molar-refractivity contribution in [1.29, 1.82) is 0 Å². The number of rotatable bonds is 4. The quantitative estimate of drug-likeness (QED) is 0.469. The minimum atomic E-state index is -1.01. The first-order valence-electron chi connectivity index (χ1n) is 10.0. The number of nitrogens with zero attached hydrogens (tertiary/aromatic N) is 1. The Kier molecular flexibility index (Phi) is 4.39. The van der Waals surface area contributed by atoms with Crippen molar-refractivity contribution in [1.82, 2.24) is 0 Å². The summed E-state index contributed by atoms with van der Waals surface area (Å²) in [7, 11) is 1.40. The zero-order chi connectivity index (χ0) is 21.7. The highest BCUT2D eigenvalue weighted by Crippen LogP contribution is 2.54. The van der Waals surface area contributed by atoms with Gasteiger partial charge in [-0.05, 0) is 46.7 Å². The summed E-state index contributed by atoms with van der Waals surface area (Å²) in [6.45, 7) is 0. The van der Waals surface area contributed by atoms with E-state index in [1.165, 1.54) is 24.3 Å². The molecule has 0 radical (unpaired) electrons. The second kappa shape index (κ2) is 7.12. The summed E-state index contributed by atoms with van der Waals surface area (Å²) in [5.41, 5.74) is 4.78. The highest BCUT2D eigenvalue weighted by atomic mass is 16.6. The average molecular weight is 416 g/mol. The van der Waals surface area contributed by atoms with E-state index in [9.17, 15) is 20.0 Å². The van der Waals surface area contributed by atoms with Gasteiger partial charge in [-0.2, -0.15) is 0 Å². The van der Waals surface area contributed by atoms with Crippen LogP contribution in [0.4, 0.5) is 11.4 Å². The number of aromatic carboxylic acids is 1. The van der Waals surface area contributed by atoms with Crippen molar-refractivity contribution in [2.45, 2.75) is 18.4 Å². The summed E-state index contributed by atoms with van der Waals surface area (Å²) >= 11 is 0. The topological polar surface area (TPSA) is 102 Å². The molecule has 1 aliphatic heterocycles. The number of nitro groups is 1. The fourth-order valence-corrected chi connectivity index (χ4v) is 5.14. The highest BCUT2D eigenvalue weighted by molar-refractivity contribution is 5.96. The van der Waals surface area contributed by atoms with E-state index in [0.717, 1.165) is 17.5 Å². The van der Waals surface area contributed by atoms with E-state index in [2.05, 4.69) is 17.4 Å². The SMILES string of the molecule is COc1ccc([C@@H]2Nc3c(C(=O)O)cccc3[C@@H]3c4ccccc4C[C@@H]32)cc1[N+](=O)[O-]. The van der Waals surface area contributed by atoms with Gasteiger partial charge in [0, 0.05) is 12.0 Å². The van der Waals surface area contributed by atoms with Gasteiger partial charge in [-0.25, -0.2) is 4.79 Å². The van der Waals surface area contributed by atoms with Gasteiger partial charge in [0.15, 0.2) is 5.75 Å². The number of nitrogens with one attached hydrogen (secondary N) is 1. The molecule has 2 N–H and O–H groups in total. The Morgan fingerprint density at radius 2 is 1.90 bits per heavy atom. The van der Waals surface area contributed by atoms with Gasteiger partial charge in [-0.15, -0.1) is 0 Å². The van der Waals surface area contributed by atoms with Gasteiger partial charge in [0.05, 0.1) is 29.3 Å². The molecule has 0 amide bonds. The third kappa shape index (κ3) is 2.92. The van der Waals surface area contributed by atoms with Crippen molar-refractivity contribution in [2.75, 3.05) is 12.4 Å². The molecular formula is C24H20N2O5. The van der Waals surface area contributed by atoms with Crippen molar-refractivity contribution in [3.8, 4) is 5.75 Å². The van der Waals surface area contributed by atoms with E-state index in [-0.39, 0.29) is 34.9 Å². The molecule has 5 rings (SSSR count). The van der Waals surface area contributed by atoms with E-state index >= 15 is 0 Å². The Morgan fingerprint density at radius 1 is 1.13 bits per heavy atom. The van der Waals surface area contributed by atoms with Crippen molar-refractivity contribution in [3.05, 3.63) is 98.6 Å². The molecule has 3 aromatic carbocycles. The van der Waals surface area contributed by atoms with Gasteiger partial charge in [0.1, 0.15) is 0 Å². The number of hydrogen-bond acceptors (Lipinski definition) is 5. The van der Waals surface area contributed by atoms with Crippen molar-refractivity contribution < 1.29 is 19.6 Å². The number of carboxylic acids is 1. The van der Waals surface area contributed by atoms with Crippen LogP contribution in [0, 0.1) is 16.0 Å². The van der Waals surface area contributed by atoms with Crippen LogP contribution in [0.1, 0.15) is 44.6 Å². The van der Waals surface area contributed by atoms with E-state index in [0.29, 0.717) is 5.69 Å². The lowest BCUT2D eigenvalue weighted by molar-refractivity contribution is -0.385. The highest BCUT2D eigenvalue weighted by Gasteiger charge is 2.44. The summed E-state index contributed by atoms with van der Waals surface area (Å²) in [6.07, 6.45) is 0.801. The summed E-state index contributed by atoms with van der Waals surface area (Å²) in [5, 5.41) is 24.8. The lowest BCUT2D eigenvalue weighted by Crippen LogP contribution is -2.31. The van der Waals surface area contributed by atoms with Crippen molar-refractivity contribution in [2.24, 2.45) is 5.92 Å². The largest absolute Gasteiger partial charge is 0.490 e. The number of nitro benzene ring substituents is 1. The molecule has 1 aliphatic carbocycles. The zero-order valence-corrected chi connectivity index (χ0v) is 16.7. The first-order chi connectivity index (χ1) is 15.0. The van der Waals surface area contributed by atoms with E-state index < -0.39 is 10.9 Å². The number of fused-ring (bicyclic) bond motifs is 5. The molecule has 2 aliphatic rings. The summed E-state index contributed by atoms with van der Waals surface area (Å²) < 4.78 is 5.15. The number of hydrogen-bond donors (Lipinski definition) is 2. The monoisotopic (exact) mass is 416 g/mol. The minimum Gasteiger partial charge on any atom is -0.490 e. The van der Waals surface area contributed by atoms with Crippen molar-refractivity contribution in [3.63, 3.8) is 0 Å². The molecule has 0 fully saturated rings. The van der Waals surface area contributed by atoms with Crippen molar-refractivity contribution >= 4 is 17.3 Å². The molecule has 7 nitrogen and oxygen atoms in total. The van der Waals surface area contributed by atoms with Crippen LogP contribution in [-0.4, -0.2) is 23.1 Å². The number of methoxy groups -OCH3 is 1. The maximum absolute atomic E-state index is 11.9. The fourth-order valence-electron chi connectivity index (χ4n) is 5.14. The first-order valence-corrected chi connectivity index (χ1v) is 10.0. The molecule has 0 bridgehead atoms. The van der Waals surface area contributed by atoms with Crippen LogP contribution in [0.2, 0.25) is 0 Å².